The number of hydrogen-bond acceptors (Lipinski definition) is 8. The highest BCUT2D eigenvalue weighted by molar-refractivity contribution is 8.00. The number of nitrogens with zero attached hydrogens (tertiary/aromatic N) is 3. The molecular weight excluding hydrogens is 390 g/mol. The van der Waals surface area contributed by atoms with Crippen molar-refractivity contribution in [3.05, 3.63) is 24.3 Å². The third kappa shape index (κ3) is 4.50. The van der Waals surface area contributed by atoms with Gasteiger partial charge in [0, 0.05) is 18.7 Å². The van der Waals surface area contributed by atoms with Crippen LogP contribution in [0, 0.1) is 0 Å². The molecule has 0 bridgehead atoms. The van der Waals surface area contributed by atoms with Crippen LogP contribution < -0.4 is 0 Å². The Balaban J connectivity index is 1.81. The summed E-state index contributed by atoms with van der Waals surface area (Å²) in [5.41, 5.74) is 0.512. The molecule has 1 aromatic carbocycles. The van der Waals surface area contributed by atoms with E-state index in [1.807, 2.05) is 0 Å². The van der Waals surface area contributed by atoms with Crippen LogP contribution in [0.4, 0.5) is 0 Å². The summed E-state index contributed by atoms with van der Waals surface area (Å²) in [6, 6.07) is 6.47. The number of hydrogen-bond donors (Lipinski definition) is 0. The highest BCUT2D eigenvalue weighted by Gasteiger charge is 2.26. The number of benzene rings is 1. The van der Waals surface area contributed by atoms with Crippen LogP contribution in [0.2, 0.25) is 0 Å². The quantitative estimate of drug-likeness (QED) is 0.528. The lowest BCUT2D eigenvalue weighted by atomic mass is 10.2. The fourth-order valence-corrected chi connectivity index (χ4v) is 5.06. The predicted molar refractivity (Wildman–Crippen MR) is 99.7 cm³/mol. The monoisotopic (exact) mass is 411 g/mol. The van der Waals surface area contributed by atoms with E-state index in [1.54, 1.807) is 25.1 Å². The van der Waals surface area contributed by atoms with Gasteiger partial charge in [-0.05, 0) is 38.0 Å². The molecule has 146 valence electrons. The highest BCUT2D eigenvalue weighted by Crippen LogP contribution is 2.29. The second kappa shape index (κ2) is 8.41. The number of carbonyl (C=O) groups is 1. The molecule has 0 unspecified atom stereocenters. The van der Waals surface area contributed by atoms with Crippen molar-refractivity contribution in [1.29, 1.82) is 0 Å². The number of esters is 1. The zero-order valence-electron chi connectivity index (χ0n) is 15.1. The Morgan fingerprint density at radius 3 is 2.70 bits per heavy atom. The van der Waals surface area contributed by atoms with Crippen LogP contribution in [0.25, 0.3) is 11.5 Å². The molecule has 3 rings (SSSR count). The molecule has 1 atom stereocenters. The standard InChI is InChI=1S/C17H21N3O5S2/c1-12(16(21)24-2)26-17-19-18-15(25-17)13-7-6-8-14(11-13)27(22,23)20-9-4-3-5-10-20/h6-8,11-12H,3-5,9-10H2,1-2H3/t12-/m0/s1. The molecule has 1 saturated heterocycles. The second-order valence-corrected chi connectivity index (χ2v) is 9.38. The number of rotatable bonds is 6. The van der Waals surface area contributed by atoms with Gasteiger partial charge < -0.3 is 9.15 Å². The van der Waals surface area contributed by atoms with E-state index >= 15 is 0 Å². The van der Waals surface area contributed by atoms with E-state index < -0.39 is 21.2 Å². The average Bonchev–Trinajstić information content (AvgIpc) is 3.16. The number of carbonyl (C=O) groups excluding carboxylic acids is 1. The normalized spacial score (nSPS) is 16.8. The number of piperidine rings is 1. The van der Waals surface area contributed by atoms with Gasteiger partial charge in [0.1, 0.15) is 5.25 Å². The molecule has 2 aromatic rings. The molecular formula is C17H21N3O5S2. The minimum Gasteiger partial charge on any atom is -0.468 e. The van der Waals surface area contributed by atoms with Crippen LogP contribution in [0.5, 0.6) is 0 Å². The topological polar surface area (TPSA) is 103 Å². The molecule has 1 aromatic heterocycles. The van der Waals surface area contributed by atoms with Gasteiger partial charge in [0.2, 0.25) is 15.9 Å². The molecule has 10 heteroatoms. The van der Waals surface area contributed by atoms with Gasteiger partial charge in [0.15, 0.2) is 0 Å². The van der Waals surface area contributed by atoms with Gasteiger partial charge in [-0.1, -0.05) is 24.2 Å². The Kier molecular flexibility index (Phi) is 6.18. The maximum absolute atomic E-state index is 12.8. The van der Waals surface area contributed by atoms with E-state index in [2.05, 4.69) is 14.9 Å². The van der Waals surface area contributed by atoms with Crippen molar-refractivity contribution < 1.29 is 22.4 Å². The van der Waals surface area contributed by atoms with Crippen LogP contribution in [0.3, 0.4) is 0 Å². The lowest BCUT2D eigenvalue weighted by molar-refractivity contribution is -0.139. The fraction of sp³-hybridized carbons (Fsp3) is 0.471. The van der Waals surface area contributed by atoms with Crippen molar-refractivity contribution in [2.45, 2.75) is 41.6 Å². The van der Waals surface area contributed by atoms with Crippen molar-refractivity contribution in [3.63, 3.8) is 0 Å². The molecule has 0 saturated carbocycles. The largest absolute Gasteiger partial charge is 0.468 e. The molecule has 1 fully saturated rings. The lowest BCUT2D eigenvalue weighted by Gasteiger charge is -2.25. The summed E-state index contributed by atoms with van der Waals surface area (Å²) in [5.74, 6) is -0.195. The SMILES string of the molecule is COC(=O)[C@H](C)Sc1nnc(-c2cccc(S(=O)(=O)N3CCCCC3)c2)o1. The van der Waals surface area contributed by atoms with Crippen LogP contribution in [0.1, 0.15) is 26.2 Å². The summed E-state index contributed by atoms with van der Waals surface area (Å²) >= 11 is 1.08. The summed E-state index contributed by atoms with van der Waals surface area (Å²) in [4.78, 5) is 11.7. The molecule has 1 aliphatic rings. The number of methoxy groups -OCH3 is 1. The van der Waals surface area contributed by atoms with Crippen molar-refractivity contribution in [1.82, 2.24) is 14.5 Å². The van der Waals surface area contributed by atoms with Crippen LogP contribution in [0.15, 0.2) is 38.8 Å². The van der Waals surface area contributed by atoms with E-state index in [-0.39, 0.29) is 16.0 Å². The van der Waals surface area contributed by atoms with Crippen molar-refractivity contribution in [3.8, 4) is 11.5 Å². The number of thioether (sulfide) groups is 1. The van der Waals surface area contributed by atoms with Gasteiger partial charge in [-0.15, -0.1) is 10.2 Å². The van der Waals surface area contributed by atoms with Gasteiger partial charge >= 0.3 is 5.97 Å². The fourth-order valence-electron chi connectivity index (χ4n) is 2.78. The zero-order chi connectivity index (χ0) is 19.4. The number of sulfonamides is 1. The summed E-state index contributed by atoms with van der Waals surface area (Å²) in [5, 5.41) is 7.60. The smallest absolute Gasteiger partial charge is 0.319 e. The molecule has 0 aliphatic carbocycles. The molecule has 0 amide bonds. The molecule has 0 radical (unpaired) electrons. The third-order valence-corrected chi connectivity index (χ3v) is 7.06. The lowest BCUT2D eigenvalue weighted by Crippen LogP contribution is -2.35. The molecule has 8 nitrogen and oxygen atoms in total. The van der Waals surface area contributed by atoms with Gasteiger partial charge in [-0.3, -0.25) is 4.79 Å². The van der Waals surface area contributed by atoms with Gasteiger partial charge in [0.25, 0.3) is 5.22 Å². The van der Waals surface area contributed by atoms with E-state index in [0.717, 1.165) is 31.0 Å². The van der Waals surface area contributed by atoms with Crippen LogP contribution >= 0.6 is 11.8 Å². The first-order valence-corrected chi connectivity index (χ1v) is 10.9. The summed E-state index contributed by atoms with van der Waals surface area (Å²) < 4.78 is 37.4. The first kappa shape index (κ1) is 19.8. The Morgan fingerprint density at radius 2 is 2.00 bits per heavy atom. The Morgan fingerprint density at radius 1 is 1.26 bits per heavy atom. The summed E-state index contributed by atoms with van der Waals surface area (Å²) in [6.45, 7) is 2.75. The highest BCUT2D eigenvalue weighted by atomic mass is 32.2. The van der Waals surface area contributed by atoms with Crippen molar-refractivity contribution in [2.75, 3.05) is 20.2 Å². The summed E-state index contributed by atoms with van der Waals surface area (Å²) in [6.07, 6.45) is 2.81. The minimum absolute atomic E-state index is 0.199. The molecule has 27 heavy (non-hydrogen) atoms. The molecule has 2 heterocycles. The first-order chi connectivity index (χ1) is 12.9. The number of aromatic nitrogens is 2. The maximum Gasteiger partial charge on any atom is 0.319 e. The van der Waals surface area contributed by atoms with Crippen molar-refractivity contribution >= 4 is 27.8 Å². The molecule has 0 spiro atoms. The van der Waals surface area contributed by atoms with Crippen LogP contribution in [-0.4, -0.2) is 54.3 Å². The molecule has 1 aliphatic heterocycles. The van der Waals surface area contributed by atoms with Crippen LogP contribution in [-0.2, 0) is 19.6 Å². The van der Waals surface area contributed by atoms with Gasteiger partial charge in [-0.25, -0.2) is 8.42 Å². The first-order valence-electron chi connectivity index (χ1n) is 8.60. The minimum atomic E-state index is -3.54. The summed E-state index contributed by atoms with van der Waals surface area (Å²) in [7, 11) is -2.23. The Labute approximate surface area is 162 Å². The second-order valence-electron chi connectivity index (χ2n) is 6.15. The van der Waals surface area contributed by atoms with E-state index in [9.17, 15) is 13.2 Å². The Bertz CT molecular complexity index is 907. The number of ether oxygens (including phenoxy) is 1. The Hall–Kier alpha value is -1.91. The van der Waals surface area contributed by atoms with Gasteiger partial charge in [-0.2, -0.15) is 4.31 Å². The predicted octanol–water partition coefficient (Wildman–Crippen LogP) is 2.56. The maximum atomic E-state index is 12.8. The van der Waals surface area contributed by atoms with Crippen molar-refractivity contribution in [2.24, 2.45) is 0 Å². The third-order valence-electron chi connectivity index (χ3n) is 4.25. The zero-order valence-corrected chi connectivity index (χ0v) is 16.8. The van der Waals surface area contributed by atoms with E-state index in [1.165, 1.54) is 17.5 Å². The average molecular weight is 412 g/mol. The van der Waals surface area contributed by atoms with E-state index in [0.29, 0.717) is 18.7 Å². The van der Waals surface area contributed by atoms with E-state index in [4.69, 9.17) is 4.42 Å². The van der Waals surface area contributed by atoms with Gasteiger partial charge in [0.05, 0.1) is 12.0 Å². The molecule has 0 N–H and O–H groups in total.